The van der Waals surface area contributed by atoms with Gasteiger partial charge in [0.2, 0.25) is 0 Å². The Bertz CT molecular complexity index is 139. The Kier molecular flexibility index (Phi) is 4.46. The van der Waals surface area contributed by atoms with Crippen LogP contribution in [0, 0.1) is 0 Å². The molecule has 1 aliphatic rings. The van der Waals surface area contributed by atoms with Crippen LogP contribution in [0.2, 0.25) is 6.04 Å². The molecule has 3 unspecified atom stereocenters. The molecule has 0 saturated carbocycles. The summed E-state index contributed by atoms with van der Waals surface area (Å²) in [6.07, 6.45) is 5.68. The van der Waals surface area contributed by atoms with Crippen LogP contribution in [0.3, 0.4) is 0 Å². The monoisotopic (exact) mass is 199 g/mol. The number of hydrogen-bond donors (Lipinski definition) is 0. The van der Waals surface area contributed by atoms with Crippen LogP contribution in [-0.4, -0.2) is 33.3 Å². The quantitative estimate of drug-likeness (QED) is 0.627. The van der Waals surface area contributed by atoms with Crippen LogP contribution in [0.15, 0.2) is 0 Å². The average Bonchev–Trinajstić information content (AvgIpc) is 2.04. The van der Waals surface area contributed by atoms with E-state index in [0.29, 0.717) is 0 Å². The molecule has 2 heteroatoms. The molecule has 0 amide bonds. The van der Waals surface area contributed by atoms with Crippen molar-refractivity contribution < 1.29 is 0 Å². The summed E-state index contributed by atoms with van der Waals surface area (Å²) in [6.45, 7) is 7.22. The molecule has 0 aromatic heterocycles. The molecule has 1 aliphatic heterocycles. The predicted molar refractivity (Wildman–Crippen MR) is 63.4 cm³/mol. The third-order valence-electron chi connectivity index (χ3n) is 3.48. The van der Waals surface area contributed by atoms with Gasteiger partial charge in [0.1, 0.15) is 0 Å². The largest absolute Gasteiger partial charge is 0.295 e. The molecular formula is C11H25NSi. The Hall–Kier alpha value is 0.177. The molecule has 0 aromatic rings. The lowest BCUT2D eigenvalue weighted by Crippen LogP contribution is -2.48. The highest BCUT2D eigenvalue weighted by Gasteiger charge is 2.27. The van der Waals surface area contributed by atoms with Crippen LogP contribution >= 0.6 is 0 Å². The third-order valence-corrected chi connectivity index (χ3v) is 4.05. The molecule has 0 N–H and O–H groups in total. The van der Waals surface area contributed by atoms with Crippen LogP contribution in [0.5, 0.6) is 0 Å². The maximum Gasteiger partial charge on any atom is 0.00725 e. The van der Waals surface area contributed by atoms with Gasteiger partial charge in [0.05, 0.1) is 0 Å². The summed E-state index contributed by atoms with van der Waals surface area (Å²) in [5, 5.41) is 0. The molecule has 1 heterocycles. The SMILES string of the molecule is CC(CC[SiH3])N1C(C)CCCC1C. The van der Waals surface area contributed by atoms with Gasteiger partial charge in [-0.05, 0) is 40.0 Å². The van der Waals surface area contributed by atoms with Crippen molar-refractivity contribution in [2.24, 2.45) is 0 Å². The van der Waals surface area contributed by atoms with Gasteiger partial charge in [-0.25, -0.2) is 0 Å². The van der Waals surface area contributed by atoms with Crippen molar-refractivity contribution in [2.75, 3.05) is 0 Å². The Labute approximate surface area is 86.3 Å². The van der Waals surface area contributed by atoms with Gasteiger partial charge in [0.15, 0.2) is 0 Å². The molecular weight excluding hydrogens is 174 g/mol. The van der Waals surface area contributed by atoms with Gasteiger partial charge in [-0.1, -0.05) is 12.5 Å². The maximum atomic E-state index is 2.75. The van der Waals surface area contributed by atoms with E-state index >= 15 is 0 Å². The lowest BCUT2D eigenvalue weighted by Gasteiger charge is -2.43. The number of likely N-dealkylation sites (tertiary alicyclic amines) is 1. The zero-order valence-electron chi connectivity index (χ0n) is 9.71. The van der Waals surface area contributed by atoms with Crippen molar-refractivity contribution in [3.8, 4) is 0 Å². The first-order valence-electron chi connectivity index (χ1n) is 5.94. The Morgan fingerprint density at radius 3 is 2.31 bits per heavy atom. The molecule has 0 bridgehead atoms. The summed E-state index contributed by atoms with van der Waals surface area (Å²) >= 11 is 0. The summed E-state index contributed by atoms with van der Waals surface area (Å²) in [6, 6.07) is 3.93. The molecule has 1 fully saturated rings. The summed E-state index contributed by atoms with van der Waals surface area (Å²) in [5.41, 5.74) is 0. The summed E-state index contributed by atoms with van der Waals surface area (Å²) < 4.78 is 0. The highest BCUT2D eigenvalue weighted by molar-refractivity contribution is 6.08. The van der Waals surface area contributed by atoms with E-state index in [9.17, 15) is 0 Å². The summed E-state index contributed by atoms with van der Waals surface area (Å²) in [7, 11) is 1.37. The number of hydrogen-bond acceptors (Lipinski definition) is 1. The molecule has 0 spiro atoms. The standard InChI is InChI=1S/C11H25NSi/c1-9-5-4-6-10(2)12(9)11(3)7-8-13/h9-11H,4-8H2,1-3,13H3. The fourth-order valence-electron chi connectivity index (χ4n) is 2.88. The predicted octanol–water partition coefficient (Wildman–Crippen LogP) is 1.81. The lowest BCUT2D eigenvalue weighted by molar-refractivity contribution is 0.0611. The van der Waals surface area contributed by atoms with Crippen LogP contribution in [0.25, 0.3) is 0 Å². The van der Waals surface area contributed by atoms with Gasteiger partial charge in [-0.3, -0.25) is 4.90 Å². The Balaban J connectivity index is 2.51. The summed E-state index contributed by atoms with van der Waals surface area (Å²) in [5.74, 6) is 0. The van der Waals surface area contributed by atoms with Crippen molar-refractivity contribution in [3.05, 3.63) is 0 Å². The Morgan fingerprint density at radius 2 is 1.85 bits per heavy atom. The van der Waals surface area contributed by atoms with Crippen molar-refractivity contribution in [3.63, 3.8) is 0 Å². The van der Waals surface area contributed by atoms with E-state index in [1.54, 1.807) is 0 Å². The van der Waals surface area contributed by atoms with Crippen LogP contribution in [-0.2, 0) is 0 Å². The van der Waals surface area contributed by atoms with E-state index in [1.807, 2.05) is 0 Å². The van der Waals surface area contributed by atoms with Crippen molar-refractivity contribution in [1.29, 1.82) is 0 Å². The van der Waals surface area contributed by atoms with Crippen LogP contribution in [0.4, 0.5) is 0 Å². The van der Waals surface area contributed by atoms with E-state index in [2.05, 4.69) is 25.7 Å². The van der Waals surface area contributed by atoms with E-state index in [-0.39, 0.29) is 0 Å². The van der Waals surface area contributed by atoms with Crippen LogP contribution < -0.4 is 0 Å². The lowest BCUT2D eigenvalue weighted by atomic mass is 9.95. The minimum atomic E-state index is 0.822. The van der Waals surface area contributed by atoms with E-state index in [4.69, 9.17) is 0 Å². The number of piperidine rings is 1. The van der Waals surface area contributed by atoms with Gasteiger partial charge in [-0.15, -0.1) is 0 Å². The molecule has 1 saturated heterocycles. The second kappa shape index (κ2) is 5.16. The van der Waals surface area contributed by atoms with E-state index in [0.717, 1.165) is 18.1 Å². The summed E-state index contributed by atoms with van der Waals surface area (Å²) in [4.78, 5) is 2.75. The molecule has 78 valence electrons. The zero-order chi connectivity index (χ0) is 9.84. The minimum Gasteiger partial charge on any atom is -0.295 e. The first kappa shape index (κ1) is 11.3. The van der Waals surface area contributed by atoms with Gasteiger partial charge < -0.3 is 0 Å². The maximum absolute atomic E-state index is 2.75. The highest BCUT2D eigenvalue weighted by Crippen LogP contribution is 2.26. The van der Waals surface area contributed by atoms with Gasteiger partial charge in [-0.2, -0.15) is 0 Å². The molecule has 1 rings (SSSR count). The van der Waals surface area contributed by atoms with Gasteiger partial charge in [0, 0.05) is 28.4 Å². The Morgan fingerprint density at radius 1 is 1.31 bits per heavy atom. The minimum absolute atomic E-state index is 0.822. The molecule has 1 nitrogen and oxygen atoms in total. The smallest absolute Gasteiger partial charge is 0.00725 e. The number of rotatable bonds is 3. The van der Waals surface area contributed by atoms with Crippen LogP contribution in [0.1, 0.15) is 46.5 Å². The molecule has 0 aliphatic carbocycles. The average molecular weight is 199 g/mol. The molecule has 0 aromatic carbocycles. The first-order valence-corrected chi connectivity index (χ1v) is 7.35. The van der Waals surface area contributed by atoms with Crippen molar-refractivity contribution in [2.45, 2.75) is 70.6 Å². The molecule has 3 atom stereocenters. The topological polar surface area (TPSA) is 3.24 Å². The highest BCUT2D eigenvalue weighted by atomic mass is 28.1. The zero-order valence-corrected chi connectivity index (χ0v) is 11.7. The second-order valence-corrected chi connectivity index (χ2v) is 5.71. The first-order chi connectivity index (χ1) is 6.16. The number of nitrogens with zero attached hydrogens (tertiary/aromatic N) is 1. The fraction of sp³-hybridized carbons (Fsp3) is 1.00. The van der Waals surface area contributed by atoms with Crippen molar-refractivity contribution in [1.82, 2.24) is 4.90 Å². The third kappa shape index (κ3) is 2.81. The van der Waals surface area contributed by atoms with Gasteiger partial charge >= 0.3 is 0 Å². The normalized spacial score (nSPS) is 33.5. The second-order valence-electron chi connectivity index (χ2n) is 4.71. The van der Waals surface area contributed by atoms with E-state index < -0.39 is 0 Å². The molecule has 13 heavy (non-hydrogen) atoms. The molecule has 0 radical (unpaired) electrons. The fourth-order valence-corrected chi connectivity index (χ4v) is 3.71. The van der Waals surface area contributed by atoms with Gasteiger partial charge in [0.25, 0.3) is 0 Å². The van der Waals surface area contributed by atoms with E-state index in [1.165, 1.54) is 42.0 Å². The van der Waals surface area contributed by atoms with Crippen molar-refractivity contribution >= 4 is 10.2 Å².